The normalized spacial score (nSPS) is 33.3. The number of carbonyl (C=O) groups is 3. The number of aliphatic carboxylic acids is 1. The van der Waals surface area contributed by atoms with Crippen molar-refractivity contribution < 1.29 is 39.2 Å². The highest BCUT2D eigenvalue weighted by molar-refractivity contribution is 6.02. The molecule has 0 aromatic carbocycles. The van der Waals surface area contributed by atoms with Crippen LogP contribution in [0.2, 0.25) is 0 Å². The Labute approximate surface area is 151 Å². The summed E-state index contributed by atoms with van der Waals surface area (Å²) in [6.07, 6.45) is 6.20. The molecule has 2 saturated heterocycles. The molecule has 146 valence electrons. The van der Waals surface area contributed by atoms with Crippen molar-refractivity contribution in [3.8, 4) is 0 Å². The van der Waals surface area contributed by atoms with Crippen LogP contribution in [0.25, 0.3) is 0 Å². The van der Waals surface area contributed by atoms with Gasteiger partial charge in [-0.1, -0.05) is 31.8 Å². The van der Waals surface area contributed by atoms with Crippen LogP contribution in [0.15, 0.2) is 12.7 Å². The van der Waals surface area contributed by atoms with Gasteiger partial charge in [-0.25, -0.2) is 14.4 Å². The zero-order chi connectivity index (χ0) is 19.4. The number of hydrogen-bond acceptors (Lipinski definition) is 7. The van der Waals surface area contributed by atoms with E-state index in [4.69, 9.17) is 9.47 Å². The summed E-state index contributed by atoms with van der Waals surface area (Å²) >= 11 is 0. The number of rotatable bonds is 10. The first-order valence-corrected chi connectivity index (χ1v) is 8.98. The second kappa shape index (κ2) is 8.18. The molecule has 26 heavy (non-hydrogen) atoms. The number of aliphatic hydroxyl groups excluding tert-OH is 1. The number of carboxylic acids is 1. The van der Waals surface area contributed by atoms with Gasteiger partial charge in [0.05, 0.1) is 0 Å². The monoisotopic (exact) mass is 370 g/mol. The molecule has 8 nitrogen and oxygen atoms in total. The van der Waals surface area contributed by atoms with Crippen molar-refractivity contribution in [2.75, 3.05) is 0 Å². The molecule has 2 aliphatic rings. The number of esters is 2. The molecule has 0 bridgehead atoms. The Kier molecular flexibility index (Phi) is 6.41. The predicted molar refractivity (Wildman–Crippen MR) is 89.0 cm³/mol. The first-order valence-electron chi connectivity index (χ1n) is 8.98. The van der Waals surface area contributed by atoms with Crippen LogP contribution in [-0.4, -0.2) is 56.6 Å². The van der Waals surface area contributed by atoms with Crippen molar-refractivity contribution >= 4 is 17.9 Å². The van der Waals surface area contributed by atoms with E-state index < -0.39 is 41.3 Å². The lowest BCUT2D eigenvalue weighted by molar-refractivity contribution is -0.195. The third-order valence-corrected chi connectivity index (χ3v) is 5.14. The van der Waals surface area contributed by atoms with Crippen molar-refractivity contribution in [1.29, 1.82) is 0 Å². The molecule has 0 aromatic rings. The molecule has 0 aliphatic carbocycles. The Morgan fingerprint density at radius 3 is 2.42 bits per heavy atom. The summed E-state index contributed by atoms with van der Waals surface area (Å²) in [6, 6.07) is 0. The first kappa shape index (κ1) is 20.4. The Balaban J connectivity index is 1.87. The summed E-state index contributed by atoms with van der Waals surface area (Å²) in [6.45, 7) is 3.68. The Hall–Kier alpha value is -1.93. The van der Waals surface area contributed by atoms with Gasteiger partial charge in [0.2, 0.25) is 5.60 Å². The Morgan fingerprint density at radius 2 is 1.81 bits per heavy atom. The van der Waals surface area contributed by atoms with Gasteiger partial charge in [-0.15, -0.1) is 6.58 Å². The second-order valence-corrected chi connectivity index (χ2v) is 6.94. The maximum absolute atomic E-state index is 12.2. The molecular weight excluding hydrogens is 344 g/mol. The highest BCUT2D eigenvalue weighted by atomic mass is 16.7. The molecule has 8 heteroatoms. The number of carbonyl (C=O) groups excluding carboxylic acids is 2. The molecule has 2 heterocycles. The second-order valence-electron chi connectivity index (χ2n) is 6.94. The van der Waals surface area contributed by atoms with Crippen LogP contribution in [0.3, 0.4) is 0 Å². The number of cyclic esters (lactones) is 1. The molecule has 0 radical (unpaired) electrons. The molecule has 3 N–H and O–H groups in total. The lowest BCUT2D eigenvalue weighted by Crippen LogP contribution is -2.63. The van der Waals surface area contributed by atoms with Gasteiger partial charge in [0.15, 0.2) is 6.10 Å². The van der Waals surface area contributed by atoms with E-state index in [0.717, 1.165) is 44.9 Å². The van der Waals surface area contributed by atoms with Crippen LogP contribution < -0.4 is 0 Å². The van der Waals surface area contributed by atoms with E-state index in [0.29, 0.717) is 6.42 Å². The van der Waals surface area contributed by atoms with Crippen molar-refractivity contribution in [3.05, 3.63) is 12.7 Å². The summed E-state index contributed by atoms with van der Waals surface area (Å²) < 4.78 is 9.96. The van der Waals surface area contributed by atoms with Crippen LogP contribution in [0.5, 0.6) is 0 Å². The number of unbranched alkanes of at least 4 members (excludes halogenated alkanes) is 6. The van der Waals surface area contributed by atoms with Crippen LogP contribution in [0.4, 0.5) is 0 Å². The van der Waals surface area contributed by atoms with Crippen LogP contribution in [0, 0.1) is 0 Å². The van der Waals surface area contributed by atoms with E-state index in [1.807, 2.05) is 6.08 Å². The van der Waals surface area contributed by atoms with E-state index in [2.05, 4.69) is 6.58 Å². The van der Waals surface area contributed by atoms with Gasteiger partial charge in [-0.2, -0.15) is 0 Å². The number of ether oxygens (including phenoxy) is 2. The minimum atomic E-state index is -3.04. The van der Waals surface area contributed by atoms with Gasteiger partial charge in [-0.05, 0) is 25.7 Å². The van der Waals surface area contributed by atoms with Gasteiger partial charge < -0.3 is 24.8 Å². The molecular formula is C18H26O8. The average molecular weight is 370 g/mol. The maximum Gasteiger partial charge on any atom is 0.354 e. The fraction of sp³-hybridized carbons (Fsp3) is 0.722. The Morgan fingerprint density at radius 1 is 1.19 bits per heavy atom. The first-order chi connectivity index (χ1) is 12.3. The largest absolute Gasteiger partial charge is 0.479 e. The van der Waals surface area contributed by atoms with E-state index in [1.54, 1.807) is 0 Å². The van der Waals surface area contributed by atoms with Crippen molar-refractivity contribution in [1.82, 2.24) is 0 Å². The highest BCUT2D eigenvalue weighted by Crippen LogP contribution is 2.46. The smallest absolute Gasteiger partial charge is 0.354 e. The molecule has 0 saturated carbocycles. The van der Waals surface area contributed by atoms with E-state index in [9.17, 15) is 29.7 Å². The van der Waals surface area contributed by atoms with E-state index >= 15 is 0 Å². The molecule has 0 aromatic heterocycles. The van der Waals surface area contributed by atoms with Gasteiger partial charge in [-0.3, -0.25) is 0 Å². The predicted octanol–water partition coefficient (Wildman–Crippen LogP) is 1.08. The minimum Gasteiger partial charge on any atom is -0.479 e. The molecule has 2 fully saturated rings. The minimum absolute atomic E-state index is 0.281. The molecule has 1 spiro atoms. The van der Waals surface area contributed by atoms with E-state index in [-0.39, 0.29) is 6.42 Å². The summed E-state index contributed by atoms with van der Waals surface area (Å²) in [5, 5.41) is 29.4. The topological polar surface area (TPSA) is 130 Å². The Bertz CT molecular complexity index is 574. The summed E-state index contributed by atoms with van der Waals surface area (Å²) in [7, 11) is 0. The van der Waals surface area contributed by atoms with Crippen molar-refractivity contribution in [3.63, 3.8) is 0 Å². The zero-order valence-corrected chi connectivity index (χ0v) is 14.7. The number of hydrogen-bond donors (Lipinski definition) is 3. The van der Waals surface area contributed by atoms with Crippen molar-refractivity contribution in [2.24, 2.45) is 0 Å². The fourth-order valence-corrected chi connectivity index (χ4v) is 3.60. The lowest BCUT2D eigenvalue weighted by Gasteiger charge is -2.30. The molecule has 0 unspecified atom stereocenters. The third kappa shape index (κ3) is 3.48. The molecule has 2 rings (SSSR count). The standard InChI is InChI=1S/C18H26O8/c1-2-3-4-5-6-7-8-9-10-12-11-17(16(23)25-12)18(24,15(21)22)13(19)14(20)26-17/h2,12-13,19,24H,1,3-11H2,(H,21,22)/t12-,13+,17-,18+/m0/s1. The molecule has 0 amide bonds. The zero-order valence-electron chi connectivity index (χ0n) is 14.7. The summed E-state index contributed by atoms with van der Waals surface area (Å²) in [4.78, 5) is 35.3. The molecule has 4 atom stereocenters. The molecule has 2 aliphatic heterocycles. The highest BCUT2D eigenvalue weighted by Gasteiger charge is 2.78. The van der Waals surface area contributed by atoms with Crippen LogP contribution >= 0.6 is 0 Å². The number of carboxylic acid groups (broad SMARTS) is 1. The van der Waals surface area contributed by atoms with Gasteiger partial charge in [0, 0.05) is 6.42 Å². The van der Waals surface area contributed by atoms with E-state index in [1.165, 1.54) is 0 Å². The fourth-order valence-electron chi connectivity index (χ4n) is 3.60. The van der Waals surface area contributed by atoms with Gasteiger partial charge >= 0.3 is 17.9 Å². The summed E-state index contributed by atoms with van der Waals surface area (Å²) in [5.74, 6) is -4.36. The number of aliphatic hydroxyl groups is 2. The van der Waals surface area contributed by atoms with Gasteiger partial charge in [0.1, 0.15) is 6.10 Å². The van der Waals surface area contributed by atoms with Gasteiger partial charge in [0.25, 0.3) is 5.60 Å². The quantitative estimate of drug-likeness (QED) is 0.296. The lowest BCUT2D eigenvalue weighted by atomic mass is 9.78. The maximum atomic E-state index is 12.2. The SMILES string of the molecule is C=CCCCCCCCC[C@H]1C[C@]2(OC(=O)[C@@H](O)[C@@]2(O)C(=O)O)C(=O)O1. The van der Waals surface area contributed by atoms with Crippen LogP contribution in [0.1, 0.15) is 57.8 Å². The average Bonchev–Trinajstić information content (AvgIpc) is 3.01. The van der Waals surface area contributed by atoms with Crippen LogP contribution in [-0.2, 0) is 23.9 Å². The number of allylic oxidation sites excluding steroid dienone is 1. The summed E-state index contributed by atoms with van der Waals surface area (Å²) in [5.41, 5.74) is -5.42. The van der Waals surface area contributed by atoms with Crippen molar-refractivity contribution in [2.45, 2.75) is 81.2 Å². The third-order valence-electron chi connectivity index (χ3n) is 5.14.